The number of nitrogens with two attached hydrogens (primary N) is 1. The van der Waals surface area contributed by atoms with E-state index < -0.39 is 6.09 Å². The van der Waals surface area contributed by atoms with E-state index in [1.54, 1.807) is 12.3 Å². The number of nitrogens with zero attached hydrogens (tertiary/aromatic N) is 5. The van der Waals surface area contributed by atoms with Crippen LogP contribution in [-0.4, -0.2) is 71.6 Å². The van der Waals surface area contributed by atoms with Gasteiger partial charge in [-0.15, -0.1) is 0 Å². The van der Waals surface area contributed by atoms with Crippen molar-refractivity contribution in [2.45, 2.75) is 18.9 Å². The van der Waals surface area contributed by atoms with Gasteiger partial charge in [0.25, 0.3) is 0 Å². The van der Waals surface area contributed by atoms with Gasteiger partial charge in [0, 0.05) is 38.4 Å². The average molecular weight is 471 g/mol. The van der Waals surface area contributed by atoms with E-state index in [0.717, 1.165) is 57.8 Å². The quantitative estimate of drug-likeness (QED) is 0.561. The maximum Gasteiger partial charge on any atom is 0.410 e. The SMILES string of the molecule is NC(=O)Oc1cnn2ccc(N3CCC[C@@H]3c3cc(F)cc(OCCN4CCOCC4)c3)nc12. The Hall–Kier alpha value is -3.44. The van der Waals surface area contributed by atoms with Gasteiger partial charge in [-0.1, -0.05) is 0 Å². The molecule has 0 saturated carbocycles. The molecule has 5 rings (SSSR count). The van der Waals surface area contributed by atoms with Gasteiger partial charge in [0.15, 0.2) is 5.75 Å². The third-order valence-corrected chi connectivity index (χ3v) is 6.14. The minimum Gasteiger partial charge on any atom is -0.492 e. The van der Waals surface area contributed by atoms with Gasteiger partial charge in [-0.2, -0.15) is 5.10 Å². The Labute approximate surface area is 196 Å². The molecule has 1 aromatic carbocycles. The standard InChI is InChI=1S/C23H27FN6O4/c24-17-12-16(13-18(14-17)33-11-8-28-6-9-32-10-7-28)19-2-1-4-29(19)21-3-5-30-22(27-21)20(15-26-30)34-23(25)31/h3,5,12-15,19H,1-2,4,6-11H2,(H2,25,31)/t19-/m1/s1. The number of carbonyl (C=O) groups excluding carboxylic acids is 1. The Morgan fingerprint density at radius 3 is 2.91 bits per heavy atom. The molecule has 3 aromatic rings. The first-order chi connectivity index (χ1) is 16.6. The lowest BCUT2D eigenvalue weighted by Crippen LogP contribution is -2.38. The second-order valence-corrected chi connectivity index (χ2v) is 8.36. The Morgan fingerprint density at radius 1 is 1.24 bits per heavy atom. The van der Waals surface area contributed by atoms with Crippen LogP contribution < -0.4 is 20.1 Å². The summed E-state index contributed by atoms with van der Waals surface area (Å²) in [6.07, 6.45) is 4.00. The van der Waals surface area contributed by atoms with Crippen LogP contribution in [0.2, 0.25) is 0 Å². The fourth-order valence-corrected chi connectivity index (χ4v) is 4.54. The number of anilines is 1. The third kappa shape index (κ3) is 4.90. The summed E-state index contributed by atoms with van der Waals surface area (Å²) in [5.41, 5.74) is 6.36. The molecular formula is C23H27FN6O4. The Bertz CT molecular complexity index is 1170. The predicted octanol–water partition coefficient (Wildman–Crippen LogP) is 2.38. The van der Waals surface area contributed by atoms with Crippen molar-refractivity contribution >= 4 is 17.6 Å². The van der Waals surface area contributed by atoms with Crippen molar-refractivity contribution in [1.29, 1.82) is 0 Å². The van der Waals surface area contributed by atoms with Gasteiger partial charge in [-0.25, -0.2) is 18.7 Å². The lowest BCUT2D eigenvalue weighted by atomic mass is 10.0. The minimum atomic E-state index is -0.929. The molecule has 2 aliphatic heterocycles. The largest absolute Gasteiger partial charge is 0.492 e. The van der Waals surface area contributed by atoms with Crippen molar-refractivity contribution in [3.05, 3.63) is 48.0 Å². The molecule has 2 N–H and O–H groups in total. The highest BCUT2D eigenvalue weighted by atomic mass is 19.1. The van der Waals surface area contributed by atoms with Crippen molar-refractivity contribution in [3.8, 4) is 11.5 Å². The van der Waals surface area contributed by atoms with Gasteiger partial charge in [0.2, 0.25) is 5.65 Å². The van der Waals surface area contributed by atoms with Crippen molar-refractivity contribution in [1.82, 2.24) is 19.5 Å². The van der Waals surface area contributed by atoms with E-state index >= 15 is 0 Å². The molecule has 0 bridgehead atoms. The number of hydrogen-bond donors (Lipinski definition) is 1. The number of rotatable bonds is 7. The maximum absolute atomic E-state index is 14.5. The summed E-state index contributed by atoms with van der Waals surface area (Å²) in [6.45, 7) is 5.26. The van der Waals surface area contributed by atoms with E-state index in [2.05, 4.69) is 19.9 Å². The first-order valence-electron chi connectivity index (χ1n) is 11.4. The molecule has 2 aliphatic rings. The summed E-state index contributed by atoms with van der Waals surface area (Å²) >= 11 is 0. The average Bonchev–Trinajstić information content (AvgIpc) is 3.46. The van der Waals surface area contributed by atoms with Crippen LogP contribution in [-0.2, 0) is 4.74 Å². The van der Waals surface area contributed by atoms with Crippen LogP contribution in [0.5, 0.6) is 11.5 Å². The van der Waals surface area contributed by atoms with E-state index in [1.165, 1.54) is 16.8 Å². The molecule has 0 unspecified atom stereocenters. The normalized spacial score (nSPS) is 19.0. The van der Waals surface area contributed by atoms with Crippen LogP contribution >= 0.6 is 0 Å². The molecule has 0 aliphatic carbocycles. The summed E-state index contributed by atoms with van der Waals surface area (Å²) in [5.74, 6) is 1.06. The first-order valence-corrected chi connectivity index (χ1v) is 11.4. The molecule has 2 saturated heterocycles. The molecular weight excluding hydrogens is 443 g/mol. The van der Waals surface area contributed by atoms with Crippen LogP contribution in [0.15, 0.2) is 36.7 Å². The van der Waals surface area contributed by atoms with Crippen LogP contribution in [0, 0.1) is 5.82 Å². The molecule has 4 heterocycles. The fourth-order valence-electron chi connectivity index (χ4n) is 4.54. The molecule has 0 spiro atoms. The zero-order valence-electron chi connectivity index (χ0n) is 18.7. The molecule has 34 heavy (non-hydrogen) atoms. The fraction of sp³-hybridized carbons (Fsp3) is 0.435. The van der Waals surface area contributed by atoms with E-state index in [9.17, 15) is 9.18 Å². The van der Waals surface area contributed by atoms with Crippen LogP contribution in [0.25, 0.3) is 5.65 Å². The minimum absolute atomic E-state index is 0.0596. The van der Waals surface area contributed by atoms with Crippen molar-refractivity contribution in [3.63, 3.8) is 0 Å². The lowest BCUT2D eigenvalue weighted by Gasteiger charge is -2.27. The number of hydrogen-bond acceptors (Lipinski definition) is 8. The van der Waals surface area contributed by atoms with Crippen LogP contribution in [0.4, 0.5) is 15.0 Å². The number of benzene rings is 1. The highest BCUT2D eigenvalue weighted by Gasteiger charge is 2.28. The molecule has 11 heteroatoms. The summed E-state index contributed by atoms with van der Waals surface area (Å²) in [4.78, 5) is 20.2. The zero-order valence-corrected chi connectivity index (χ0v) is 18.7. The number of carbonyl (C=O) groups is 1. The van der Waals surface area contributed by atoms with Crippen molar-refractivity contribution < 1.29 is 23.4 Å². The number of aromatic nitrogens is 3. The second kappa shape index (κ2) is 9.82. The molecule has 2 aromatic heterocycles. The van der Waals surface area contributed by atoms with Crippen molar-refractivity contribution in [2.24, 2.45) is 5.73 Å². The molecule has 1 amide bonds. The highest BCUT2D eigenvalue weighted by molar-refractivity contribution is 5.71. The topological polar surface area (TPSA) is 107 Å². The van der Waals surface area contributed by atoms with E-state index in [-0.39, 0.29) is 17.6 Å². The van der Waals surface area contributed by atoms with Crippen LogP contribution in [0.3, 0.4) is 0 Å². The summed E-state index contributed by atoms with van der Waals surface area (Å²) < 4.78 is 32.3. The number of ether oxygens (including phenoxy) is 3. The predicted molar refractivity (Wildman–Crippen MR) is 122 cm³/mol. The highest BCUT2D eigenvalue weighted by Crippen LogP contribution is 2.37. The first kappa shape index (κ1) is 22.4. The molecule has 180 valence electrons. The summed E-state index contributed by atoms with van der Waals surface area (Å²) in [6, 6.07) is 6.66. The van der Waals surface area contributed by atoms with Gasteiger partial charge in [0.1, 0.15) is 24.0 Å². The van der Waals surface area contributed by atoms with Gasteiger partial charge >= 0.3 is 6.09 Å². The molecule has 1 atom stereocenters. The number of amides is 1. The number of fused-ring (bicyclic) bond motifs is 1. The Balaban J connectivity index is 1.33. The number of morpholine rings is 1. The Kier molecular flexibility index (Phi) is 6.45. The van der Waals surface area contributed by atoms with E-state index in [1.807, 2.05) is 12.1 Å². The Morgan fingerprint density at radius 2 is 2.09 bits per heavy atom. The van der Waals surface area contributed by atoms with Crippen LogP contribution in [0.1, 0.15) is 24.4 Å². The van der Waals surface area contributed by atoms with E-state index in [4.69, 9.17) is 19.9 Å². The maximum atomic E-state index is 14.5. The number of halogens is 1. The lowest BCUT2D eigenvalue weighted by molar-refractivity contribution is 0.0322. The van der Waals surface area contributed by atoms with Gasteiger partial charge in [-0.05, 0) is 36.6 Å². The third-order valence-electron chi connectivity index (χ3n) is 6.14. The monoisotopic (exact) mass is 470 g/mol. The zero-order chi connectivity index (χ0) is 23.5. The summed E-state index contributed by atoms with van der Waals surface area (Å²) in [7, 11) is 0. The molecule has 10 nitrogen and oxygen atoms in total. The smallest absolute Gasteiger partial charge is 0.410 e. The van der Waals surface area contributed by atoms with E-state index in [0.29, 0.717) is 23.8 Å². The summed E-state index contributed by atoms with van der Waals surface area (Å²) in [5, 5.41) is 4.13. The van der Waals surface area contributed by atoms with Gasteiger partial charge in [-0.3, -0.25) is 4.90 Å². The van der Waals surface area contributed by atoms with Gasteiger partial charge < -0.3 is 24.8 Å². The molecule has 0 radical (unpaired) electrons. The second-order valence-electron chi connectivity index (χ2n) is 8.36. The van der Waals surface area contributed by atoms with Gasteiger partial charge in [0.05, 0.1) is 25.5 Å². The van der Waals surface area contributed by atoms with Crippen molar-refractivity contribution in [2.75, 3.05) is 50.9 Å². The number of primary amides is 1. The molecule has 2 fully saturated rings.